The monoisotopic (exact) mass is 355 g/mol. The first kappa shape index (κ1) is 15.8. The van der Waals surface area contributed by atoms with Gasteiger partial charge in [-0.05, 0) is 37.5 Å². The Morgan fingerprint density at radius 3 is 2.86 bits per heavy atom. The smallest absolute Gasteiger partial charge is 0.407 e. The molecule has 1 aliphatic rings. The molecule has 1 heterocycles. The van der Waals surface area contributed by atoms with Gasteiger partial charge in [-0.2, -0.15) is 0 Å². The van der Waals surface area contributed by atoms with Gasteiger partial charge in [-0.1, -0.05) is 22.0 Å². The Bertz CT molecular complexity index is 546. The molecule has 1 saturated heterocycles. The molecular weight excluding hydrogens is 338 g/mol. The number of hydrogen-bond acceptors (Lipinski definition) is 3. The molecule has 1 fully saturated rings. The van der Waals surface area contributed by atoms with Crippen molar-refractivity contribution in [1.82, 2.24) is 4.90 Å². The van der Waals surface area contributed by atoms with Gasteiger partial charge in [-0.3, -0.25) is 0 Å². The van der Waals surface area contributed by atoms with Gasteiger partial charge >= 0.3 is 12.1 Å². The Labute approximate surface area is 132 Å². The van der Waals surface area contributed by atoms with E-state index < -0.39 is 6.09 Å². The molecule has 21 heavy (non-hydrogen) atoms. The van der Waals surface area contributed by atoms with E-state index >= 15 is 0 Å². The molecule has 0 aliphatic carbocycles. The highest BCUT2D eigenvalue weighted by atomic mass is 79.9. The largest absolute Gasteiger partial charge is 0.465 e. The number of carbonyl (C=O) groups excluding carboxylic acids is 1. The Balaban J connectivity index is 2.17. The summed E-state index contributed by atoms with van der Waals surface area (Å²) < 4.78 is 5.80. The van der Waals surface area contributed by atoms with Crippen molar-refractivity contribution < 1.29 is 19.4 Å². The van der Waals surface area contributed by atoms with Gasteiger partial charge in [-0.25, -0.2) is 9.59 Å². The molecule has 114 valence electrons. The predicted octanol–water partition coefficient (Wildman–Crippen LogP) is 3.48. The zero-order valence-electron chi connectivity index (χ0n) is 11.8. The van der Waals surface area contributed by atoms with Crippen molar-refractivity contribution in [3.63, 3.8) is 0 Å². The summed E-state index contributed by atoms with van der Waals surface area (Å²) in [6.07, 6.45) is 0.920. The van der Waals surface area contributed by atoms with Crippen LogP contribution in [0.3, 0.4) is 0 Å². The van der Waals surface area contributed by atoms with E-state index in [0.29, 0.717) is 25.3 Å². The van der Waals surface area contributed by atoms with E-state index in [1.807, 2.05) is 6.07 Å². The number of nitrogens with zero attached hydrogens (tertiary/aromatic N) is 1. The van der Waals surface area contributed by atoms with E-state index in [1.54, 1.807) is 19.1 Å². The predicted molar refractivity (Wildman–Crippen MR) is 81.7 cm³/mol. The topological polar surface area (TPSA) is 66.8 Å². The van der Waals surface area contributed by atoms with Crippen molar-refractivity contribution in [3.8, 4) is 0 Å². The second-order valence-corrected chi connectivity index (χ2v) is 5.88. The molecule has 1 aromatic carbocycles. The highest BCUT2D eigenvalue weighted by Gasteiger charge is 2.26. The van der Waals surface area contributed by atoms with Gasteiger partial charge in [0.1, 0.15) is 0 Å². The standard InChI is InChI=1S/C15H18BrNO4/c1-2-21-14(18)10-5-6-12(13(16)8-10)11-4-3-7-17(9-11)15(19)20/h5-6,8,11H,2-4,7,9H2,1H3,(H,19,20). The fourth-order valence-electron chi connectivity index (χ4n) is 2.60. The number of amides is 1. The van der Waals surface area contributed by atoms with E-state index in [0.717, 1.165) is 22.9 Å². The molecule has 1 atom stereocenters. The number of rotatable bonds is 3. The quantitative estimate of drug-likeness (QED) is 0.842. The summed E-state index contributed by atoms with van der Waals surface area (Å²) >= 11 is 3.49. The summed E-state index contributed by atoms with van der Waals surface area (Å²) in [6, 6.07) is 5.36. The number of ether oxygens (including phenoxy) is 1. The van der Waals surface area contributed by atoms with Crippen molar-refractivity contribution in [2.45, 2.75) is 25.7 Å². The van der Waals surface area contributed by atoms with E-state index in [9.17, 15) is 9.59 Å². The summed E-state index contributed by atoms with van der Waals surface area (Å²) in [5.41, 5.74) is 1.53. The first-order valence-corrected chi connectivity index (χ1v) is 7.76. The fourth-order valence-corrected chi connectivity index (χ4v) is 3.31. The van der Waals surface area contributed by atoms with Crippen LogP contribution in [-0.4, -0.2) is 41.8 Å². The maximum Gasteiger partial charge on any atom is 0.407 e. The third kappa shape index (κ3) is 3.75. The molecule has 1 aromatic rings. The van der Waals surface area contributed by atoms with Crippen LogP contribution in [0.15, 0.2) is 22.7 Å². The zero-order valence-corrected chi connectivity index (χ0v) is 13.4. The maximum absolute atomic E-state index is 11.7. The first-order valence-electron chi connectivity index (χ1n) is 6.97. The Morgan fingerprint density at radius 2 is 2.24 bits per heavy atom. The van der Waals surface area contributed by atoms with Crippen LogP contribution in [-0.2, 0) is 4.74 Å². The molecule has 0 saturated carbocycles. The van der Waals surface area contributed by atoms with Gasteiger partial charge in [0, 0.05) is 23.5 Å². The SMILES string of the molecule is CCOC(=O)c1ccc(C2CCCN(C(=O)O)C2)c(Br)c1. The molecule has 2 rings (SSSR count). The molecule has 1 amide bonds. The van der Waals surface area contributed by atoms with Crippen molar-refractivity contribution in [2.75, 3.05) is 19.7 Å². The van der Waals surface area contributed by atoms with Crippen LogP contribution in [0.1, 0.15) is 41.6 Å². The minimum atomic E-state index is -0.876. The lowest BCUT2D eigenvalue weighted by atomic mass is 9.90. The number of carbonyl (C=O) groups is 2. The normalized spacial score (nSPS) is 18.4. The molecule has 1 aliphatic heterocycles. The molecule has 0 bridgehead atoms. The molecule has 1 N–H and O–H groups in total. The van der Waals surface area contributed by atoms with Crippen LogP contribution in [0.2, 0.25) is 0 Å². The van der Waals surface area contributed by atoms with Gasteiger partial charge in [-0.15, -0.1) is 0 Å². The minimum absolute atomic E-state index is 0.153. The number of piperidine rings is 1. The van der Waals surface area contributed by atoms with Crippen LogP contribution in [0.4, 0.5) is 4.79 Å². The first-order chi connectivity index (χ1) is 10.0. The van der Waals surface area contributed by atoms with Gasteiger partial charge in [0.15, 0.2) is 0 Å². The summed E-state index contributed by atoms with van der Waals surface area (Å²) in [5, 5.41) is 9.10. The van der Waals surface area contributed by atoms with Gasteiger partial charge < -0.3 is 14.7 Å². The highest BCUT2D eigenvalue weighted by molar-refractivity contribution is 9.10. The number of esters is 1. The van der Waals surface area contributed by atoms with Crippen molar-refractivity contribution in [1.29, 1.82) is 0 Å². The van der Waals surface area contributed by atoms with Gasteiger partial charge in [0.05, 0.1) is 12.2 Å². The van der Waals surface area contributed by atoms with Crippen molar-refractivity contribution in [3.05, 3.63) is 33.8 Å². The lowest BCUT2D eigenvalue weighted by Gasteiger charge is -2.31. The number of hydrogen-bond donors (Lipinski definition) is 1. The summed E-state index contributed by atoms with van der Waals surface area (Å²) in [7, 11) is 0. The molecule has 0 radical (unpaired) electrons. The van der Waals surface area contributed by atoms with E-state index in [-0.39, 0.29) is 11.9 Å². The zero-order chi connectivity index (χ0) is 15.4. The average molecular weight is 356 g/mol. The van der Waals surface area contributed by atoms with Crippen molar-refractivity contribution in [2.24, 2.45) is 0 Å². The summed E-state index contributed by atoms with van der Waals surface area (Å²) in [6.45, 7) is 3.19. The van der Waals surface area contributed by atoms with Gasteiger partial charge in [0.25, 0.3) is 0 Å². The van der Waals surface area contributed by atoms with E-state index in [1.165, 1.54) is 4.90 Å². The van der Waals surface area contributed by atoms with Crippen LogP contribution in [0, 0.1) is 0 Å². The van der Waals surface area contributed by atoms with Gasteiger partial charge in [0.2, 0.25) is 0 Å². The van der Waals surface area contributed by atoms with Crippen molar-refractivity contribution >= 4 is 28.0 Å². The van der Waals surface area contributed by atoms with Crippen LogP contribution >= 0.6 is 15.9 Å². The average Bonchev–Trinajstić information content (AvgIpc) is 2.47. The summed E-state index contributed by atoms with van der Waals surface area (Å²) in [4.78, 5) is 24.2. The number of carboxylic acid groups (broad SMARTS) is 1. The molecular formula is C15H18BrNO4. The number of benzene rings is 1. The molecule has 1 unspecified atom stereocenters. The maximum atomic E-state index is 11.7. The highest BCUT2D eigenvalue weighted by Crippen LogP contribution is 2.32. The second-order valence-electron chi connectivity index (χ2n) is 5.02. The summed E-state index contributed by atoms with van der Waals surface area (Å²) in [5.74, 6) is -0.193. The number of halogens is 1. The number of likely N-dealkylation sites (tertiary alicyclic amines) is 1. The van der Waals surface area contributed by atoms with Crippen LogP contribution in [0.25, 0.3) is 0 Å². The molecule has 6 heteroatoms. The fraction of sp³-hybridized carbons (Fsp3) is 0.467. The third-order valence-electron chi connectivity index (χ3n) is 3.64. The van der Waals surface area contributed by atoms with Crippen LogP contribution in [0.5, 0.6) is 0 Å². The second kappa shape index (κ2) is 6.93. The molecule has 0 spiro atoms. The van der Waals surface area contributed by atoms with E-state index in [2.05, 4.69) is 15.9 Å². The Kier molecular flexibility index (Phi) is 5.22. The van der Waals surface area contributed by atoms with Crippen LogP contribution < -0.4 is 0 Å². The Hall–Kier alpha value is -1.56. The molecule has 0 aromatic heterocycles. The minimum Gasteiger partial charge on any atom is -0.465 e. The lowest BCUT2D eigenvalue weighted by Crippen LogP contribution is -2.38. The Morgan fingerprint density at radius 1 is 1.48 bits per heavy atom. The molecule has 5 nitrogen and oxygen atoms in total. The van der Waals surface area contributed by atoms with E-state index in [4.69, 9.17) is 9.84 Å². The third-order valence-corrected chi connectivity index (χ3v) is 4.33. The lowest BCUT2D eigenvalue weighted by molar-refractivity contribution is 0.0526.